The Hall–Kier alpha value is -1.68. The Morgan fingerprint density at radius 3 is 1.51 bits per heavy atom. The fraction of sp³-hybridized carbons (Fsp3) is 0.887. The van der Waals surface area contributed by atoms with Crippen molar-refractivity contribution in [1.82, 2.24) is 4.72 Å². The van der Waals surface area contributed by atoms with E-state index in [1.165, 1.54) is 102 Å². The largest absolute Gasteiger partial charge is 0.449 e. The molecule has 404 valence electrons. The lowest BCUT2D eigenvalue weighted by Crippen LogP contribution is -2.61. The first-order chi connectivity index (χ1) is 33.6. The summed E-state index contributed by atoms with van der Waals surface area (Å²) in [7, 11) is -3.94. The second-order valence-corrected chi connectivity index (χ2v) is 29.3. The van der Waals surface area contributed by atoms with E-state index < -0.39 is 16.1 Å². The summed E-state index contributed by atoms with van der Waals surface area (Å²) in [5, 5.41) is 33.1. The van der Waals surface area contributed by atoms with E-state index >= 15 is 0 Å². The smallest absolute Gasteiger partial charge is 0.421 e. The zero-order chi connectivity index (χ0) is 51.4. The van der Waals surface area contributed by atoms with Gasteiger partial charge in [-0.3, -0.25) is 0 Å². The van der Waals surface area contributed by atoms with E-state index in [0.29, 0.717) is 94.4 Å². The zero-order valence-corrected chi connectivity index (χ0v) is 47.5. The van der Waals surface area contributed by atoms with Crippen LogP contribution in [0.2, 0.25) is 0 Å². The van der Waals surface area contributed by atoms with E-state index in [1.54, 1.807) is 12.1 Å². The van der Waals surface area contributed by atoms with E-state index in [4.69, 9.17) is 4.74 Å². The van der Waals surface area contributed by atoms with Crippen LogP contribution in [0.1, 0.15) is 203 Å². The molecule has 8 saturated carbocycles. The molecule has 1 amide bonds. The quantitative estimate of drug-likeness (QED) is 0.145. The summed E-state index contributed by atoms with van der Waals surface area (Å²) in [6.45, 7) is 27.0. The number of aliphatic hydroxyl groups is 3. The number of hydrogen-bond acceptors (Lipinski definition) is 7. The summed E-state index contributed by atoms with van der Waals surface area (Å²) in [6, 6.07) is 6.37. The number of ether oxygens (including phenoxy) is 1. The van der Waals surface area contributed by atoms with Crippen molar-refractivity contribution >= 4 is 16.1 Å². The van der Waals surface area contributed by atoms with Gasteiger partial charge in [0.2, 0.25) is 0 Å². The van der Waals surface area contributed by atoms with Crippen molar-refractivity contribution in [2.45, 2.75) is 222 Å². The van der Waals surface area contributed by atoms with Gasteiger partial charge in [0.15, 0.2) is 0 Å². The van der Waals surface area contributed by atoms with Crippen LogP contribution < -0.4 is 4.72 Å². The molecule has 9 rings (SSSR count). The third kappa shape index (κ3) is 10.1. The molecule has 0 aromatic heterocycles. The van der Waals surface area contributed by atoms with Gasteiger partial charge < -0.3 is 20.1 Å². The minimum atomic E-state index is -3.94. The first kappa shape index (κ1) is 55.5. The van der Waals surface area contributed by atoms with Gasteiger partial charge in [0.25, 0.3) is 10.0 Å². The number of carbonyl (C=O) groups is 1. The number of sulfonamides is 1. The minimum Gasteiger partial charge on any atom is -0.449 e. The normalized spacial score (nSPS) is 45.5. The van der Waals surface area contributed by atoms with Crippen molar-refractivity contribution < 1.29 is 33.3 Å². The number of aliphatic hydroxyl groups excluding tert-OH is 3. The number of nitrogens with one attached hydrogen (secondary N) is 1. The van der Waals surface area contributed by atoms with Crippen LogP contribution in [0.15, 0.2) is 29.2 Å². The van der Waals surface area contributed by atoms with Crippen LogP contribution in [-0.2, 0) is 14.8 Å². The lowest BCUT2D eigenvalue weighted by Gasteiger charge is -2.65. The molecule has 1 aromatic carbocycles. The molecule has 1 aromatic rings. The number of carbonyl (C=O) groups excluding carboxylic acids is 1. The molecular weight excluding hydrogens is 903 g/mol. The molecule has 0 unspecified atom stereocenters. The van der Waals surface area contributed by atoms with E-state index in [9.17, 15) is 28.5 Å². The molecule has 9 heteroatoms. The maximum atomic E-state index is 12.5. The molecule has 0 radical (unpaired) electrons. The number of rotatable bonds is 13. The van der Waals surface area contributed by atoms with Gasteiger partial charge in [-0.2, -0.15) is 0 Å². The number of hydrogen-bond donors (Lipinski definition) is 4. The fourth-order valence-electron chi connectivity index (χ4n) is 20.6. The second-order valence-electron chi connectivity index (χ2n) is 27.7. The van der Waals surface area contributed by atoms with Gasteiger partial charge in [0.05, 0.1) is 23.7 Å². The van der Waals surface area contributed by atoms with Crippen molar-refractivity contribution in [1.29, 1.82) is 0 Å². The molecule has 8 aliphatic rings. The molecular formula is C62H103NO7S. The van der Waals surface area contributed by atoms with Crippen molar-refractivity contribution in [3.8, 4) is 0 Å². The summed E-state index contributed by atoms with van der Waals surface area (Å²) in [6.07, 6.45) is 23.2. The summed E-state index contributed by atoms with van der Waals surface area (Å²) in [4.78, 5) is 12.3. The van der Waals surface area contributed by atoms with Crippen LogP contribution >= 0.6 is 0 Å². The Morgan fingerprint density at radius 1 is 0.648 bits per heavy atom. The van der Waals surface area contributed by atoms with Crippen LogP contribution in [0.25, 0.3) is 0 Å². The van der Waals surface area contributed by atoms with Gasteiger partial charge in [-0.15, -0.1) is 0 Å². The van der Waals surface area contributed by atoms with Gasteiger partial charge in [-0.25, -0.2) is 17.9 Å². The van der Waals surface area contributed by atoms with Crippen LogP contribution in [0.3, 0.4) is 0 Å². The van der Waals surface area contributed by atoms with Crippen molar-refractivity contribution in [3.05, 3.63) is 29.8 Å². The molecule has 0 bridgehead atoms. The standard InChI is InChI=1S/C35H55NO5S.C27H48O2/c1-7-26-30-21-23(3)16-18-35(30,6)29-17-19-34(5)27(14-15-28(34)31(29)32(26)37)24(4)9-8-20-41-33(38)36-42(39,40)25-12-10-22(2)11-13-25;1-6-19-23-16-17(2)11-13-27(23,5)22-12-14-26(4)20(18(3)8-7-15-28)9-10-21(26)24(22)25(19)29/h10-13,23-24,26-32,37H,7-9,14-21H2,1-6H3,(H,36,38);17-25,28-29H,6-16H2,1-5H3/t23-,24-,26-,27-,28+,29+,30+,31+,32-,34-,35-;17-,18-,19-,20-,21+,22+,23+,24+,25-,26-,27-/m11/s1. The second kappa shape index (κ2) is 21.7. The van der Waals surface area contributed by atoms with Crippen LogP contribution in [0.4, 0.5) is 4.79 Å². The fourth-order valence-corrected chi connectivity index (χ4v) is 21.5. The lowest BCUT2D eigenvalue weighted by molar-refractivity contribution is -0.198. The van der Waals surface area contributed by atoms with Gasteiger partial charge in [-0.1, -0.05) is 113 Å². The molecule has 8 fully saturated rings. The van der Waals surface area contributed by atoms with Gasteiger partial charge in [0.1, 0.15) is 0 Å². The first-order valence-electron chi connectivity index (χ1n) is 29.8. The molecule has 8 nitrogen and oxygen atoms in total. The molecule has 0 aliphatic heterocycles. The molecule has 22 atom stereocenters. The van der Waals surface area contributed by atoms with Gasteiger partial charge >= 0.3 is 6.09 Å². The van der Waals surface area contributed by atoms with Crippen molar-refractivity contribution in [2.24, 2.45) is 116 Å². The number of benzene rings is 1. The zero-order valence-electron chi connectivity index (χ0n) is 46.6. The Labute approximate surface area is 433 Å². The number of fused-ring (bicyclic) bond motifs is 10. The average Bonchev–Trinajstić information content (AvgIpc) is 3.88. The minimum absolute atomic E-state index is 0.0494. The average molecular weight is 1010 g/mol. The maximum Gasteiger partial charge on any atom is 0.421 e. The summed E-state index contributed by atoms with van der Waals surface area (Å²) in [5.74, 6) is 10.1. The predicted octanol–water partition coefficient (Wildman–Crippen LogP) is 14.0. The Balaban J connectivity index is 0.000000204. The molecule has 71 heavy (non-hydrogen) atoms. The van der Waals surface area contributed by atoms with E-state index in [-0.39, 0.29) is 29.1 Å². The third-order valence-electron chi connectivity index (χ3n) is 24.3. The summed E-state index contributed by atoms with van der Waals surface area (Å²) in [5.41, 5.74) is 2.42. The predicted molar refractivity (Wildman–Crippen MR) is 287 cm³/mol. The van der Waals surface area contributed by atoms with Crippen LogP contribution in [0.5, 0.6) is 0 Å². The topological polar surface area (TPSA) is 133 Å². The Kier molecular flexibility index (Phi) is 17.0. The van der Waals surface area contributed by atoms with Crippen LogP contribution in [0, 0.1) is 123 Å². The monoisotopic (exact) mass is 1010 g/mol. The number of amides is 1. The highest BCUT2D eigenvalue weighted by Crippen LogP contribution is 2.72. The molecule has 0 heterocycles. The van der Waals surface area contributed by atoms with Gasteiger partial charge in [0, 0.05) is 6.61 Å². The van der Waals surface area contributed by atoms with E-state index in [0.717, 1.165) is 67.3 Å². The van der Waals surface area contributed by atoms with E-state index in [2.05, 4.69) is 69.2 Å². The molecule has 4 N–H and O–H groups in total. The third-order valence-corrected chi connectivity index (χ3v) is 25.6. The molecule has 0 spiro atoms. The number of aryl methyl sites for hydroxylation is 1. The van der Waals surface area contributed by atoms with Crippen molar-refractivity contribution in [3.63, 3.8) is 0 Å². The summed E-state index contributed by atoms with van der Waals surface area (Å²) >= 11 is 0. The molecule has 8 aliphatic carbocycles. The maximum absolute atomic E-state index is 12.5. The first-order valence-corrected chi connectivity index (χ1v) is 31.3. The van der Waals surface area contributed by atoms with E-state index in [1.807, 2.05) is 11.6 Å². The Morgan fingerprint density at radius 2 is 1.07 bits per heavy atom. The Bertz CT molecular complexity index is 2060. The SMILES string of the molecule is CC[C@H]1[C@@H](O)[C@@H]2[C@H](CC[C@]3(C)[C@@H]([C@H](C)CCCO)CC[C@@H]23)[C@@]2(C)CC[C@@H](C)C[C@@H]12.CC[C@H]1[C@@H](O)[C@@H]2[C@H](CC[C@]3(C)[C@@H]([C@H](C)CCCOC(=O)NS(=O)(=O)c4ccc(C)cc4)CC[C@@H]23)[C@@]2(C)CC[C@@H](C)C[C@@H]12. The van der Waals surface area contributed by atoms with Crippen LogP contribution in [-0.4, -0.2) is 55.3 Å². The highest BCUT2D eigenvalue weighted by molar-refractivity contribution is 7.90. The highest BCUT2D eigenvalue weighted by atomic mass is 32.2. The lowest BCUT2D eigenvalue weighted by atomic mass is 9.41. The summed E-state index contributed by atoms with van der Waals surface area (Å²) < 4.78 is 32.3. The highest BCUT2D eigenvalue weighted by Gasteiger charge is 2.66. The molecule has 0 saturated heterocycles. The van der Waals surface area contributed by atoms with Gasteiger partial charge in [-0.05, 0) is 238 Å². The van der Waals surface area contributed by atoms with Crippen molar-refractivity contribution in [2.75, 3.05) is 13.2 Å².